The molecule has 2 fully saturated rings. The molecule has 1 saturated heterocycles. The molecular formula is C12H27N3O. The number of carbonyl (C=O) groups is 1. The van der Waals surface area contributed by atoms with Gasteiger partial charge in [0.25, 0.3) is 0 Å². The van der Waals surface area contributed by atoms with Gasteiger partial charge in [0.15, 0.2) is 0 Å². The van der Waals surface area contributed by atoms with Crippen molar-refractivity contribution in [3.05, 3.63) is 0 Å². The van der Waals surface area contributed by atoms with Gasteiger partial charge in [0, 0.05) is 26.2 Å². The molecule has 0 aromatic heterocycles. The largest absolute Gasteiger partial charge is 0.372 e. The van der Waals surface area contributed by atoms with Crippen LogP contribution < -0.4 is 11.1 Å². The Labute approximate surface area is 99.6 Å². The second-order valence-corrected chi connectivity index (χ2v) is 4.31. The molecule has 16 heavy (non-hydrogen) atoms. The molecule has 0 aromatic carbocycles. The van der Waals surface area contributed by atoms with Crippen molar-refractivity contribution in [3.63, 3.8) is 0 Å². The third-order valence-corrected chi connectivity index (χ3v) is 2.84. The minimum absolute atomic E-state index is 0.250. The van der Waals surface area contributed by atoms with Gasteiger partial charge in [-0.05, 0) is 7.05 Å². The van der Waals surface area contributed by atoms with Crippen LogP contribution >= 0.6 is 0 Å². The Kier molecular flexibility index (Phi) is 12.0. The third kappa shape index (κ3) is 11.5. The lowest BCUT2D eigenvalue weighted by Crippen LogP contribution is -2.40. The van der Waals surface area contributed by atoms with E-state index in [2.05, 4.69) is 23.0 Å². The van der Waals surface area contributed by atoms with Crippen molar-refractivity contribution in [2.24, 2.45) is 5.73 Å². The fraction of sp³-hybridized carbons (Fsp3) is 0.917. The van der Waals surface area contributed by atoms with Crippen LogP contribution in [0.2, 0.25) is 0 Å². The second-order valence-electron chi connectivity index (χ2n) is 4.31. The van der Waals surface area contributed by atoms with Gasteiger partial charge in [-0.1, -0.05) is 38.5 Å². The number of amides is 1. The van der Waals surface area contributed by atoms with Crippen LogP contribution in [-0.2, 0) is 4.79 Å². The molecule has 0 unspecified atom stereocenters. The average molecular weight is 229 g/mol. The lowest BCUT2D eigenvalue weighted by molar-refractivity contribution is -0.106. The highest BCUT2D eigenvalue weighted by atomic mass is 16.1. The predicted molar refractivity (Wildman–Crippen MR) is 68.3 cm³/mol. The molecule has 3 N–H and O–H groups in total. The van der Waals surface area contributed by atoms with Crippen LogP contribution in [0.3, 0.4) is 0 Å². The molecule has 2 rings (SSSR count). The lowest BCUT2D eigenvalue weighted by Gasteiger charge is -2.21. The summed E-state index contributed by atoms with van der Waals surface area (Å²) in [6.45, 7) is 4.74. The lowest BCUT2D eigenvalue weighted by atomic mass is 10.0. The molecule has 2 aliphatic rings. The summed E-state index contributed by atoms with van der Waals surface area (Å²) in [5.74, 6) is 0. The molecule has 0 aromatic rings. The smallest absolute Gasteiger partial charge is 0.204 e. The molecule has 1 heterocycles. The molecule has 4 nitrogen and oxygen atoms in total. The van der Waals surface area contributed by atoms with Gasteiger partial charge in [0.2, 0.25) is 6.41 Å². The summed E-state index contributed by atoms with van der Waals surface area (Å²) in [6.07, 6.45) is 9.25. The van der Waals surface area contributed by atoms with Crippen LogP contribution in [0.25, 0.3) is 0 Å². The van der Waals surface area contributed by atoms with Crippen LogP contribution in [0.5, 0.6) is 0 Å². The topological polar surface area (TPSA) is 58.4 Å². The number of primary amides is 1. The van der Waals surface area contributed by atoms with E-state index in [1.54, 1.807) is 0 Å². The van der Waals surface area contributed by atoms with E-state index in [-0.39, 0.29) is 6.41 Å². The number of hydrogen-bond acceptors (Lipinski definition) is 3. The summed E-state index contributed by atoms with van der Waals surface area (Å²) < 4.78 is 0. The van der Waals surface area contributed by atoms with E-state index in [0.29, 0.717) is 0 Å². The number of nitrogens with two attached hydrogens (primary N) is 1. The van der Waals surface area contributed by atoms with E-state index < -0.39 is 0 Å². The predicted octanol–water partition coefficient (Wildman–Crippen LogP) is 0.964. The molecule has 0 bridgehead atoms. The maximum atomic E-state index is 8.58. The van der Waals surface area contributed by atoms with E-state index >= 15 is 0 Å². The van der Waals surface area contributed by atoms with Crippen LogP contribution in [0.1, 0.15) is 38.5 Å². The van der Waals surface area contributed by atoms with Gasteiger partial charge in [-0.25, -0.2) is 0 Å². The van der Waals surface area contributed by atoms with E-state index in [1.807, 2.05) is 0 Å². The van der Waals surface area contributed by atoms with Gasteiger partial charge < -0.3 is 16.0 Å². The number of likely N-dealkylation sites (N-methyl/N-ethyl adjacent to an activating group) is 1. The second kappa shape index (κ2) is 12.5. The average Bonchev–Trinajstić information content (AvgIpc) is 2.34. The number of nitrogens with one attached hydrogen (secondary N) is 1. The first-order valence-electron chi connectivity index (χ1n) is 6.36. The molecule has 4 heteroatoms. The number of rotatable bonds is 0. The zero-order valence-electron chi connectivity index (χ0n) is 10.6. The van der Waals surface area contributed by atoms with E-state index in [4.69, 9.17) is 4.79 Å². The van der Waals surface area contributed by atoms with Crippen molar-refractivity contribution in [2.45, 2.75) is 38.5 Å². The Bertz CT molecular complexity index is 132. The van der Waals surface area contributed by atoms with Crippen molar-refractivity contribution in [3.8, 4) is 0 Å². The summed E-state index contributed by atoms with van der Waals surface area (Å²) in [7, 11) is 2.15. The summed E-state index contributed by atoms with van der Waals surface area (Å²) in [5.41, 5.74) is 4.17. The van der Waals surface area contributed by atoms with Crippen LogP contribution in [0.4, 0.5) is 0 Å². The Hall–Kier alpha value is -0.610. The zero-order chi connectivity index (χ0) is 12.1. The number of piperazine rings is 1. The zero-order valence-corrected chi connectivity index (χ0v) is 10.6. The van der Waals surface area contributed by atoms with Crippen LogP contribution in [0.15, 0.2) is 0 Å². The fourth-order valence-corrected chi connectivity index (χ4v) is 1.84. The Morgan fingerprint density at radius 3 is 1.50 bits per heavy atom. The van der Waals surface area contributed by atoms with Crippen LogP contribution in [0, 0.1) is 0 Å². The maximum Gasteiger partial charge on any atom is 0.204 e. The quantitative estimate of drug-likeness (QED) is 0.608. The van der Waals surface area contributed by atoms with Crippen molar-refractivity contribution in [1.82, 2.24) is 10.2 Å². The van der Waals surface area contributed by atoms with E-state index in [9.17, 15) is 0 Å². The first kappa shape index (κ1) is 15.4. The summed E-state index contributed by atoms with van der Waals surface area (Å²) in [6, 6.07) is 0. The monoisotopic (exact) mass is 229 g/mol. The minimum atomic E-state index is 0.250. The standard InChI is InChI=1S/C6H12.C5H12N2.CH3NO/c1-2-4-6-5-3-1;1-7-4-2-6-3-5-7;2-1-3/h1-6H2;6H,2-5H2,1H3;1H,(H2,2,3). The minimum Gasteiger partial charge on any atom is -0.372 e. The molecule has 1 aliphatic heterocycles. The number of hydrogen-bond donors (Lipinski definition) is 2. The van der Waals surface area contributed by atoms with Crippen molar-refractivity contribution >= 4 is 6.41 Å². The Morgan fingerprint density at radius 2 is 1.31 bits per heavy atom. The fourth-order valence-electron chi connectivity index (χ4n) is 1.84. The molecule has 0 spiro atoms. The van der Waals surface area contributed by atoms with Gasteiger partial charge in [-0.2, -0.15) is 0 Å². The molecule has 1 aliphatic carbocycles. The molecule has 0 radical (unpaired) electrons. The van der Waals surface area contributed by atoms with Gasteiger partial charge in [0.1, 0.15) is 0 Å². The Morgan fingerprint density at radius 1 is 1.00 bits per heavy atom. The Balaban J connectivity index is 0.000000230. The number of nitrogens with zero attached hydrogens (tertiary/aromatic N) is 1. The van der Waals surface area contributed by atoms with Crippen molar-refractivity contribution < 1.29 is 4.79 Å². The maximum absolute atomic E-state index is 8.58. The molecule has 96 valence electrons. The molecular weight excluding hydrogens is 202 g/mol. The summed E-state index contributed by atoms with van der Waals surface area (Å²) in [4.78, 5) is 10.9. The highest BCUT2D eigenvalue weighted by Gasteiger charge is 2.01. The van der Waals surface area contributed by atoms with Crippen molar-refractivity contribution in [2.75, 3.05) is 33.2 Å². The third-order valence-electron chi connectivity index (χ3n) is 2.84. The van der Waals surface area contributed by atoms with E-state index in [1.165, 1.54) is 51.6 Å². The molecule has 1 saturated carbocycles. The highest BCUT2D eigenvalue weighted by Crippen LogP contribution is 2.15. The summed E-state index contributed by atoms with van der Waals surface area (Å²) in [5, 5.41) is 3.27. The van der Waals surface area contributed by atoms with Crippen molar-refractivity contribution in [1.29, 1.82) is 0 Å². The van der Waals surface area contributed by atoms with Gasteiger partial charge in [0.05, 0.1) is 0 Å². The first-order valence-corrected chi connectivity index (χ1v) is 6.36. The van der Waals surface area contributed by atoms with Gasteiger partial charge in [-0.15, -0.1) is 0 Å². The highest BCUT2D eigenvalue weighted by molar-refractivity contribution is 5.42. The SMILES string of the molecule is C1CCCCC1.CN1CCNCC1.NC=O. The number of carbonyl (C=O) groups excluding carboxylic acids is 1. The first-order chi connectivity index (χ1) is 7.81. The molecule has 0 atom stereocenters. The molecule has 1 amide bonds. The normalized spacial score (nSPS) is 20.8. The van der Waals surface area contributed by atoms with Gasteiger partial charge in [-0.3, -0.25) is 4.79 Å². The van der Waals surface area contributed by atoms with Crippen LogP contribution in [-0.4, -0.2) is 44.5 Å². The van der Waals surface area contributed by atoms with E-state index in [0.717, 1.165) is 13.1 Å². The van der Waals surface area contributed by atoms with Gasteiger partial charge >= 0.3 is 0 Å². The summed E-state index contributed by atoms with van der Waals surface area (Å²) >= 11 is 0.